The SMILES string of the molecule is C/C(=N\NC(=O)CSc1nc2ccccc2s1)c1ccccn1. The monoisotopic (exact) mass is 342 g/mol. The van der Waals surface area contributed by atoms with E-state index in [1.807, 2.05) is 49.4 Å². The van der Waals surface area contributed by atoms with Crippen molar-refractivity contribution in [2.24, 2.45) is 5.10 Å². The number of nitrogens with zero attached hydrogens (tertiary/aromatic N) is 3. The Balaban J connectivity index is 1.55. The van der Waals surface area contributed by atoms with E-state index in [4.69, 9.17) is 0 Å². The van der Waals surface area contributed by atoms with Crippen LogP contribution < -0.4 is 5.43 Å². The second-order valence-corrected chi connectivity index (χ2v) is 6.94. The molecule has 0 aliphatic heterocycles. The molecule has 1 amide bonds. The number of carbonyl (C=O) groups is 1. The summed E-state index contributed by atoms with van der Waals surface area (Å²) in [6, 6.07) is 13.5. The maximum Gasteiger partial charge on any atom is 0.250 e. The summed E-state index contributed by atoms with van der Waals surface area (Å²) >= 11 is 3.00. The van der Waals surface area contributed by atoms with E-state index in [9.17, 15) is 4.79 Å². The first kappa shape index (κ1) is 15.6. The number of thioether (sulfide) groups is 1. The van der Waals surface area contributed by atoms with Gasteiger partial charge in [-0.05, 0) is 31.2 Å². The van der Waals surface area contributed by atoms with Crippen molar-refractivity contribution >= 4 is 44.9 Å². The van der Waals surface area contributed by atoms with E-state index in [2.05, 4.69) is 20.5 Å². The minimum absolute atomic E-state index is 0.162. The van der Waals surface area contributed by atoms with E-state index in [0.29, 0.717) is 5.71 Å². The first-order valence-electron chi connectivity index (χ1n) is 6.95. The van der Waals surface area contributed by atoms with Crippen molar-refractivity contribution < 1.29 is 4.79 Å². The van der Waals surface area contributed by atoms with Crippen LogP contribution in [0, 0.1) is 0 Å². The zero-order valence-corrected chi connectivity index (χ0v) is 14.0. The zero-order chi connectivity index (χ0) is 16.1. The van der Waals surface area contributed by atoms with Gasteiger partial charge in [0.2, 0.25) is 0 Å². The fourth-order valence-corrected chi connectivity index (χ4v) is 3.71. The van der Waals surface area contributed by atoms with Crippen molar-refractivity contribution in [3.63, 3.8) is 0 Å². The third kappa shape index (κ3) is 4.14. The third-order valence-electron chi connectivity index (χ3n) is 2.98. The lowest BCUT2D eigenvalue weighted by Crippen LogP contribution is -2.21. The van der Waals surface area contributed by atoms with Gasteiger partial charge in [0.15, 0.2) is 4.34 Å². The van der Waals surface area contributed by atoms with E-state index in [-0.39, 0.29) is 11.7 Å². The van der Waals surface area contributed by atoms with Crippen molar-refractivity contribution in [2.75, 3.05) is 5.75 Å². The molecule has 1 aromatic carbocycles. The maximum absolute atomic E-state index is 11.9. The molecule has 0 bridgehead atoms. The minimum Gasteiger partial charge on any atom is -0.272 e. The van der Waals surface area contributed by atoms with E-state index < -0.39 is 0 Å². The van der Waals surface area contributed by atoms with Gasteiger partial charge in [0.05, 0.1) is 27.4 Å². The number of thiazole rings is 1. The molecule has 7 heteroatoms. The van der Waals surface area contributed by atoms with E-state index in [1.54, 1.807) is 17.5 Å². The van der Waals surface area contributed by atoms with Crippen molar-refractivity contribution in [1.29, 1.82) is 0 Å². The van der Waals surface area contributed by atoms with Crippen molar-refractivity contribution in [2.45, 2.75) is 11.3 Å². The fraction of sp³-hybridized carbons (Fsp3) is 0.125. The lowest BCUT2D eigenvalue weighted by Gasteiger charge is -2.01. The Morgan fingerprint density at radius 1 is 1.26 bits per heavy atom. The Bertz CT molecular complexity index is 812. The molecule has 0 radical (unpaired) electrons. The predicted octanol–water partition coefficient (Wildman–Crippen LogP) is 3.32. The first-order chi connectivity index (χ1) is 11.2. The lowest BCUT2D eigenvalue weighted by molar-refractivity contribution is -0.118. The second-order valence-electron chi connectivity index (χ2n) is 4.68. The largest absolute Gasteiger partial charge is 0.272 e. The highest BCUT2D eigenvalue weighted by Crippen LogP contribution is 2.28. The van der Waals surface area contributed by atoms with Crippen molar-refractivity contribution in [3.05, 3.63) is 54.4 Å². The predicted molar refractivity (Wildman–Crippen MR) is 94.9 cm³/mol. The van der Waals surface area contributed by atoms with Crippen LogP contribution in [0.5, 0.6) is 0 Å². The van der Waals surface area contributed by atoms with Gasteiger partial charge in [0.1, 0.15) is 0 Å². The summed E-state index contributed by atoms with van der Waals surface area (Å²) in [6.45, 7) is 1.81. The molecule has 0 atom stereocenters. The van der Waals surface area contributed by atoms with Crippen LogP contribution in [0.2, 0.25) is 0 Å². The highest BCUT2D eigenvalue weighted by molar-refractivity contribution is 8.01. The van der Waals surface area contributed by atoms with Gasteiger partial charge in [-0.1, -0.05) is 30.0 Å². The molecule has 23 heavy (non-hydrogen) atoms. The smallest absolute Gasteiger partial charge is 0.250 e. The van der Waals surface area contributed by atoms with Crippen LogP contribution in [-0.4, -0.2) is 27.3 Å². The molecule has 3 rings (SSSR count). The number of carbonyl (C=O) groups excluding carboxylic acids is 1. The second kappa shape index (κ2) is 7.34. The van der Waals surface area contributed by atoms with Crippen molar-refractivity contribution in [3.8, 4) is 0 Å². The van der Waals surface area contributed by atoms with Crippen LogP contribution in [0.1, 0.15) is 12.6 Å². The highest BCUT2D eigenvalue weighted by Gasteiger charge is 2.07. The molecule has 116 valence electrons. The average Bonchev–Trinajstić information content (AvgIpc) is 3.01. The molecule has 0 unspecified atom stereocenters. The van der Waals surface area contributed by atoms with Gasteiger partial charge in [-0.2, -0.15) is 5.10 Å². The summed E-state index contributed by atoms with van der Waals surface area (Å²) in [5, 5.41) is 4.07. The van der Waals surface area contributed by atoms with Crippen LogP contribution in [-0.2, 0) is 4.79 Å². The summed E-state index contributed by atoms with van der Waals surface area (Å²) in [7, 11) is 0. The fourth-order valence-electron chi connectivity index (χ4n) is 1.85. The number of hydrogen-bond acceptors (Lipinski definition) is 6. The van der Waals surface area contributed by atoms with Gasteiger partial charge >= 0.3 is 0 Å². The van der Waals surface area contributed by atoms with Crippen LogP contribution >= 0.6 is 23.1 Å². The number of aromatic nitrogens is 2. The molecule has 5 nitrogen and oxygen atoms in total. The molecule has 0 saturated carbocycles. The molecule has 1 N–H and O–H groups in total. The quantitative estimate of drug-likeness (QED) is 0.439. The normalized spacial score (nSPS) is 11.6. The van der Waals surface area contributed by atoms with Crippen LogP contribution in [0.3, 0.4) is 0 Å². The number of para-hydroxylation sites is 1. The Morgan fingerprint density at radius 2 is 2.09 bits per heavy atom. The van der Waals surface area contributed by atoms with Gasteiger partial charge in [0.25, 0.3) is 5.91 Å². The first-order valence-corrected chi connectivity index (χ1v) is 8.75. The topological polar surface area (TPSA) is 67.2 Å². The van der Waals surface area contributed by atoms with Gasteiger partial charge in [-0.25, -0.2) is 10.4 Å². The van der Waals surface area contributed by atoms with E-state index in [1.165, 1.54) is 11.8 Å². The Morgan fingerprint density at radius 3 is 2.87 bits per heavy atom. The van der Waals surface area contributed by atoms with E-state index >= 15 is 0 Å². The number of fused-ring (bicyclic) bond motifs is 1. The number of pyridine rings is 1. The Kier molecular flexibility index (Phi) is 4.99. The summed E-state index contributed by atoms with van der Waals surface area (Å²) in [5.41, 5.74) is 4.92. The maximum atomic E-state index is 11.9. The van der Waals surface area contributed by atoms with E-state index in [0.717, 1.165) is 20.3 Å². The lowest BCUT2D eigenvalue weighted by atomic mass is 10.3. The highest BCUT2D eigenvalue weighted by atomic mass is 32.2. The minimum atomic E-state index is -0.162. The molecule has 0 aliphatic rings. The third-order valence-corrected chi connectivity index (χ3v) is 5.16. The summed E-state index contributed by atoms with van der Waals surface area (Å²) in [4.78, 5) is 20.5. The van der Waals surface area contributed by atoms with Crippen molar-refractivity contribution in [1.82, 2.24) is 15.4 Å². The number of rotatable bonds is 5. The van der Waals surface area contributed by atoms with Gasteiger partial charge < -0.3 is 0 Å². The molecular formula is C16H14N4OS2. The van der Waals surface area contributed by atoms with Gasteiger partial charge in [-0.3, -0.25) is 9.78 Å². The van der Waals surface area contributed by atoms with Gasteiger partial charge in [0, 0.05) is 6.20 Å². The standard InChI is InChI=1S/C16H14N4OS2/c1-11(12-6-4-5-9-17-12)19-20-15(21)10-22-16-18-13-7-2-3-8-14(13)23-16/h2-9H,10H2,1H3,(H,20,21)/b19-11+. The molecule has 0 aliphatic carbocycles. The molecule has 0 saturated heterocycles. The number of nitrogens with one attached hydrogen (secondary N) is 1. The van der Waals surface area contributed by atoms with Crippen LogP contribution in [0.4, 0.5) is 0 Å². The molecular weight excluding hydrogens is 328 g/mol. The molecule has 2 aromatic heterocycles. The van der Waals surface area contributed by atoms with Gasteiger partial charge in [-0.15, -0.1) is 11.3 Å². The molecule has 2 heterocycles. The molecule has 0 fully saturated rings. The average molecular weight is 342 g/mol. The molecule has 0 spiro atoms. The van der Waals surface area contributed by atoms with Crippen LogP contribution in [0.25, 0.3) is 10.2 Å². The Hall–Kier alpha value is -2.25. The molecule has 3 aromatic rings. The van der Waals surface area contributed by atoms with Crippen LogP contribution in [0.15, 0.2) is 58.1 Å². The number of amides is 1. The zero-order valence-electron chi connectivity index (χ0n) is 12.4. The Labute approximate surface area is 141 Å². The number of benzene rings is 1. The number of hydrazone groups is 1. The summed E-state index contributed by atoms with van der Waals surface area (Å²) < 4.78 is 2.01. The number of hydrogen-bond donors (Lipinski definition) is 1. The summed E-state index contributed by atoms with van der Waals surface area (Å²) in [5.74, 6) is 0.114. The summed E-state index contributed by atoms with van der Waals surface area (Å²) in [6.07, 6.45) is 1.69.